The molecule has 5 nitrogen and oxygen atoms in total. The molecule has 2 amide bonds. The maximum atomic E-state index is 12.9. The summed E-state index contributed by atoms with van der Waals surface area (Å²) in [6, 6.07) is 8.76. The van der Waals surface area contributed by atoms with Gasteiger partial charge in [0.05, 0.1) is 6.04 Å². The largest absolute Gasteiger partial charge is 0.368 e. The Morgan fingerprint density at radius 3 is 2.09 bits per heavy atom. The molecule has 1 rings (SSSR count). The van der Waals surface area contributed by atoms with Gasteiger partial charge in [-0.05, 0) is 18.0 Å². The van der Waals surface area contributed by atoms with Crippen molar-refractivity contribution >= 4 is 11.8 Å². The first-order valence-corrected chi connectivity index (χ1v) is 7.89. The second kappa shape index (κ2) is 7.59. The topological polar surface area (TPSA) is 75.4 Å². The van der Waals surface area contributed by atoms with Crippen LogP contribution in [0.15, 0.2) is 30.3 Å². The molecule has 128 valence electrons. The van der Waals surface area contributed by atoms with Crippen LogP contribution < -0.4 is 11.1 Å². The molecule has 0 saturated carbocycles. The molecule has 3 atom stereocenters. The van der Waals surface area contributed by atoms with E-state index in [0.717, 1.165) is 5.56 Å². The number of amides is 2. The van der Waals surface area contributed by atoms with Crippen LogP contribution in [0.5, 0.6) is 0 Å². The van der Waals surface area contributed by atoms with Gasteiger partial charge in [-0.1, -0.05) is 58.0 Å². The second-order valence-corrected chi connectivity index (χ2v) is 7.09. The number of nitrogens with zero attached hydrogens (tertiary/aromatic N) is 1. The molecule has 0 aliphatic carbocycles. The Morgan fingerprint density at radius 1 is 1.17 bits per heavy atom. The van der Waals surface area contributed by atoms with Gasteiger partial charge in [-0.3, -0.25) is 9.59 Å². The van der Waals surface area contributed by atoms with Gasteiger partial charge in [-0.15, -0.1) is 0 Å². The van der Waals surface area contributed by atoms with Crippen LogP contribution in [0.1, 0.15) is 39.2 Å². The van der Waals surface area contributed by atoms with Gasteiger partial charge in [0.2, 0.25) is 11.8 Å². The highest BCUT2D eigenvalue weighted by Gasteiger charge is 2.38. The zero-order chi connectivity index (χ0) is 17.8. The minimum atomic E-state index is -0.658. The molecule has 0 radical (unpaired) electrons. The van der Waals surface area contributed by atoms with Crippen molar-refractivity contribution in [1.82, 2.24) is 10.2 Å². The first-order valence-electron chi connectivity index (χ1n) is 7.89. The maximum Gasteiger partial charge on any atom is 0.240 e. The molecule has 0 aliphatic heterocycles. The summed E-state index contributed by atoms with van der Waals surface area (Å²) in [5.41, 5.74) is 6.18. The van der Waals surface area contributed by atoms with Crippen molar-refractivity contribution < 1.29 is 9.59 Å². The Morgan fingerprint density at radius 2 is 1.70 bits per heavy atom. The number of hydrogen-bond donors (Lipinski definition) is 2. The molecule has 0 fully saturated rings. The number of carbonyl (C=O) groups is 2. The third-order valence-electron chi connectivity index (χ3n) is 4.23. The van der Waals surface area contributed by atoms with Crippen LogP contribution >= 0.6 is 0 Å². The van der Waals surface area contributed by atoms with Gasteiger partial charge in [0.15, 0.2) is 0 Å². The van der Waals surface area contributed by atoms with Crippen LogP contribution in [-0.4, -0.2) is 42.9 Å². The molecule has 0 aromatic heterocycles. The highest BCUT2D eigenvalue weighted by Crippen LogP contribution is 2.26. The first-order chi connectivity index (χ1) is 10.6. The number of nitrogens with two attached hydrogens (primary N) is 1. The average molecular weight is 319 g/mol. The summed E-state index contributed by atoms with van der Waals surface area (Å²) in [4.78, 5) is 26.3. The van der Waals surface area contributed by atoms with Crippen LogP contribution in [0.2, 0.25) is 0 Å². The van der Waals surface area contributed by atoms with E-state index in [1.165, 1.54) is 4.90 Å². The predicted molar refractivity (Wildman–Crippen MR) is 92.9 cm³/mol. The van der Waals surface area contributed by atoms with Crippen molar-refractivity contribution in [2.75, 3.05) is 14.1 Å². The van der Waals surface area contributed by atoms with Crippen molar-refractivity contribution in [1.29, 1.82) is 0 Å². The number of nitrogens with one attached hydrogen (secondary N) is 1. The van der Waals surface area contributed by atoms with Gasteiger partial charge in [0, 0.05) is 13.0 Å². The van der Waals surface area contributed by atoms with Crippen molar-refractivity contribution in [3.63, 3.8) is 0 Å². The van der Waals surface area contributed by atoms with Gasteiger partial charge in [-0.2, -0.15) is 0 Å². The van der Waals surface area contributed by atoms with Crippen molar-refractivity contribution in [2.24, 2.45) is 11.1 Å². The number of benzene rings is 1. The summed E-state index contributed by atoms with van der Waals surface area (Å²) in [6.07, 6.45) is 0. The molecule has 3 N–H and O–H groups in total. The zero-order valence-corrected chi connectivity index (χ0v) is 15.0. The standard InChI is InChI=1S/C18H29N3O2/c1-12(13-10-8-7-9-11-13)14(20-5)17(23)21(6)15(16(19)22)18(2,3)4/h7-12,14-15,20H,1-6H3,(H2,19,22)/t12-,14-,15+/m0/s1. The van der Waals surface area contributed by atoms with E-state index in [9.17, 15) is 9.59 Å². The maximum absolute atomic E-state index is 12.9. The monoisotopic (exact) mass is 319 g/mol. The fraction of sp³-hybridized carbons (Fsp3) is 0.556. The van der Waals surface area contributed by atoms with E-state index in [1.807, 2.05) is 58.0 Å². The quantitative estimate of drug-likeness (QED) is 0.838. The van der Waals surface area contributed by atoms with Gasteiger partial charge in [-0.25, -0.2) is 0 Å². The van der Waals surface area contributed by atoms with E-state index in [2.05, 4.69) is 5.32 Å². The van der Waals surface area contributed by atoms with Gasteiger partial charge in [0.25, 0.3) is 0 Å². The Bertz CT molecular complexity index is 537. The van der Waals surface area contributed by atoms with Crippen LogP contribution in [-0.2, 0) is 9.59 Å². The van der Waals surface area contributed by atoms with E-state index in [-0.39, 0.29) is 11.8 Å². The minimum Gasteiger partial charge on any atom is -0.368 e. The predicted octanol–water partition coefficient (Wildman–Crippen LogP) is 1.74. The number of carbonyl (C=O) groups excluding carboxylic acids is 2. The third-order valence-corrected chi connectivity index (χ3v) is 4.23. The van der Waals surface area contributed by atoms with Gasteiger partial charge >= 0.3 is 0 Å². The molecular weight excluding hydrogens is 290 g/mol. The normalized spacial score (nSPS) is 15.6. The molecule has 0 unspecified atom stereocenters. The smallest absolute Gasteiger partial charge is 0.240 e. The molecule has 1 aromatic carbocycles. The lowest BCUT2D eigenvalue weighted by molar-refractivity contribution is -0.143. The fourth-order valence-electron chi connectivity index (χ4n) is 3.08. The fourth-order valence-corrected chi connectivity index (χ4v) is 3.08. The Kier molecular flexibility index (Phi) is 6.33. The average Bonchev–Trinajstić information content (AvgIpc) is 2.46. The molecule has 23 heavy (non-hydrogen) atoms. The number of likely N-dealkylation sites (N-methyl/N-ethyl adjacent to an activating group) is 2. The van der Waals surface area contributed by atoms with Crippen molar-refractivity contribution in [3.05, 3.63) is 35.9 Å². The minimum absolute atomic E-state index is 0.0235. The molecule has 0 bridgehead atoms. The SMILES string of the molecule is CN[C@H](C(=O)N(C)[C@H](C(N)=O)C(C)(C)C)[C@@H](C)c1ccccc1. The van der Waals surface area contributed by atoms with Crippen LogP contribution in [0, 0.1) is 5.41 Å². The number of primary amides is 1. The Hall–Kier alpha value is -1.88. The van der Waals surface area contributed by atoms with Crippen LogP contribution in [0.3, 0.4) is 0 Å². The van der Waals surface area contributed by atoms with E-state index < -0.39 is 23.4 Å². The molecule has 0 aliphatic rings. The van der Waals surface area contributed by atoms with E-state index in [4.69, 9.17) is 5.73 Å². The third kappa shape index (κ3) is 4.55. The Labute approximate surface area is 139 Å². The summed E-state index contributed by atoms with van der Waals surface area (Å²) < 4.78 is 0. The van der Waals surface area contributed by atoms with E-state index in [0.29, 0.717) is 0 Å². The van der Waals surface area contributed by atoms with Crippen molar-refractivity contribution in [2.45, 2.75) is 45.7 Å². The summed E-state index contributed by atoms with van der Waals surface area (Å²) in [5, 5.41) is 3.08. The lowest BCUT2D eigenvalue weighted by Crippen LogP contribution is -2.57. The van der Waals surface area contributed by atoms with Gasteiger partial charge < -0.3 is 16.0 Å². The molecular formula is C18H29N3O2. The summed E-state index contributed by atoms with van der Waals surface area (Å²) in [6.45, 7) is 7.71. The molecule has 1 aromatic rings. The molecule has 0 heterocycles. The zero-order valence-electron chi connectivity index (χ0n) is 15.0. The second-order valence-electron chi connectivity index (χ2n) is 7.09. The van der Waals surface area contributed by atoms with Gasteiger partial charge in [0.1, 0.15) is 6.04 Å². The lowest BCUT2D eigenvalue weighted by Gasteiger charge is -2.38. The highest BCUT2D eigenvalue weighted by molar-refractivity contribution is 5.90. The lowest BCUT2D eigenvalue weighted by atomic mass is 9.84. The summed E-state index contributed by atoms with van der Waals surface area (Å²) >= 11 is 0. The molecule has 0 spiro atoms. The van der Waals surface area contributed by atoms with Crippen LogP contribution in [0.25, 0.3) is 0 Å². The van der Waals surface area contributed by atoms with E-state index in [1.54, 1.807) is 14.1 Å². The first kappa shape index (κ1) is 19.2. The highest BCUT2D eigenvalue weighted by atomic mass is 16.2. The number of hydrogen-bond acceptors (Lipinski definition) is 3. The number of rotatable bonds is 6. The summed E-state index contributed by atoms with van der Waals surface area (Å²) in [7, 11) is 3.40. The molecule has 5 heteroatoms. The van der Waals surface area contributed by atoms with E-state index >= 15 is 0 Å². The summed E-state index contributed by atoms with van der Waals surface area (Å²) in [5.74, 6) is -0.650. The van der Waals surface area contributed by atoms with Crippen molar-refractivity contribution in [3.8, 4) is 0 Å². The Balaban J connectivity index is 3.06. The van der Waals surface area contributed by atoms with Crippen LogP contribution in [0.4, 0.5) is 0 Å². The molecule has 0 saturated heterocycles.